The van der Waals surface area contributed by atoms with Gasteiger partial charge in [0.05, 0.1) is 7.11 Å². The number of hydrogen-bond acceptors (Lipinski definition) is 5. The third-order valence-corrected chi connectivity index (χ3v) is 4.48. The van der Waals surface area contributed by atoms with Gasteiger partial charge in [0, 0.05) is 18.5 Å². The van der Waals surface area contributed by atoms with Crippen LogP contribution in [0.3, 0.4) is 0 Å². The number of rotatable bonds is 7. The highest BCUT2D eigenvalue weighted by molar-refractivity contribution is 5.81. The van der Waals surface area contributed by atoms with Crippen molar-refractivity contribution in [2.75, 3.05) is 12.8 Å². The number of aryl methyl sites for hydroxylation is 2. The Balaban J connectivity index is 2.07. The predicted octanol–water partition coefficient (Wildman–Crippen LogP) is 3.37. The number of nitrogen functional groups attached to an aromatic ring is 1. The van der Waals surface area contributed by atoms with Gasteiger partial charge in [-0.3, -0.25) is 0 Å². The Morgan fingerprint density at radius 2 is 2.04 bits per heavy atom. The molecule has 3 rings (SSSR count). The molecule has 2 aromatic heterocycles. The highest BCUT2D eigenvalue weighted by Crippen LogP contribution is 2.26. The van der Waals surface area contributed by atoms with E-state index in [4.69, 9.17) is 15.5 Å². The van der Waals surface area contributed by atoms with Gasteiger partial charge in [0.1, 0.15) is 17.9 Å². The molecule has 1 aromatic carbocycles. The third-order valence-electron chi connectivity index (χ3n) is 4.48. The van der Waals surface area contributed by atoms with Gasteiger partial charge in [-0.2, -0.15) is 0 Å². The Labute approximate surface area is 148 Å². The van der Waals surface area contributed by atoms with Crippen LogP contribution < -0.4 is 10.5 Å². The molecule has 2 heterocycles. The average molecular weight is 339 g/mol. The van der Waals surface area contributed by atoms with Crippen molar-refractivity contribution < 1.29 is 4.74 Å². The van der Waals surface area contributed by atoms with Gasteiger partial charge < -0.3 is 15.0 Å². The van der Waals surface area contributed by atoms with Gasteiger partial charge in [-0.25, -0.2) is 15.0 Å². The van der Waals surface area contributed by atoms with Gasteiger partial charge in [0.25, 0.3) is 0 Å². The fourth-order valence-electron chi connectivity index (χ4n) is 3.05. The molecule has 6 heteroatoms. The van der Waals surface area contributed by atoms with Crippen molar-refractivity contribution in [3.05, 3.63) is 41.5 Å². The lowest BCUT2D eigenvalue weighted by molar-refractivity contribution is 0.410. The number of nitrogens with two attached hydrogens (primary N) is 1. The van der Waals surface area contributed by atoms with Gasteiger partial charge in [0.15, 0.2) is 17.0 Å². The predicted molar refractivity (Wildman–Crippen MR) is 99.8 cm³/mol. The maximum Gasteiger partial charge on any atom is 0.165 e. The second-order valence-electron chi connectivity index (χ2n) is 6.14. The molecule has 0 atom stereocenters. The number of aromatic nitrogens is 4. The molecular weight excluding hydrogens is 314 g/mol. The van der Waals surface area contributed by atoms with Crippen LogP contribution in [0.2, 0.25) is 0 Å². The SMILES string of the molecule is CCCCn1c(Cc2cc(CC)ccc2OC)nc2c(N)ncnc21. The van der Waals surface area contributed by atoms with E-state index in [-0.39, 0.29) is 0 Å². The topological polar surface area (TPSA) is 78.9 Å². The summed E-state index contributed by atoms with van der Waals surface area (Å²) in [4.78, 5) is 13.2. The maximum absolute atomic E-state index is 6.01. The second-order valence-corrected chi connectivity index (χ2v) is 6.14. The first-order chi connectivity index (χ1) is 12.2. The maximum atomic E-state index is 6.01. The van der Waals surface area contributed by atoms with Gasteiger partial charge in [-0.1, -0.05) is 32.4 Å². The fraction of sp³-hybridized carbons (Fsp3) is 0.421. The number of nitrogens with zero attached hydrogens (tertiary/aromatic N) is 4. The van der Waals surface area contributed by atoms with E-state index in [1.165, 1.54) is 11.9 Å². The first kappa shape index (κ1) is 17.2. The van der Waals surface area contributed by atoms with Crippen molar-refractivity contribution in [1.82, 2.24) is 19.5 Å². The zero-order valence-electron chi connectivity index (χ0n) is 15.1. The number of methoxy groups -OCH3 is 1. The highest BCUT2D eigenvalue weighted by atomic mass is 16.5. The monoisotopic (exact) mass is 339 g/mol. The molecule has 0 aliphatic rings. The van der Waals surface area contributed by atoms with Crippen LogP contribution in [0.15, 0.2) is 24.5 Å². The molecule has 0 fully saturated rings. The van der Waals surface area contributed by atoms with Crippen molar-refractivity contribution >= 4 is 17.0 Å². The largest absolute Gasteiger partial charge is 0.496 e. The number of fused-ring (bicyclic) bond motifs is 1. The number of ether oxygens (including phenoxy) is 1. The van der Waals surface area contributed by atoms with E-state index < -0.39 is 0 Å². The van der Waals surface area contributed by atoms with Crippen molar-refractivity contribution in [3.63, 3.8) is 0 Å². The van der Waals surface area contributed by atoms with Crippen LogP contribution in [0.4, 0.5) is 5.82 Å². The minimum Gasteiger partial charge on any atom is -0.496 e. The molecule has 0 aliphatic heterocycles. The third kappa shape index (κ3) is 3.43. The van der Waals surface area contributed by atoms with Gasteiger partial charge in [-0.05, 0) is 24.5 Å². The normalized spacial score (nSPS) is 11.2. The van der Waals surface area contributed by atoms with E-state index >= 15 is 0 Å². The van der Waals surface area contributed by atoms with E-state index in [0.29, 0.717) is 17.8 Å². The van der Waals surface area contributed by atoms with Gasteiger partial charge in [0.2, 0.25) is 0 Å². The summed E-state index contributed by atoms with van der Waals surface area (Å²) in [7, 11) is 1.70. The summed E-state index contributed by atoms with van der Waals surface area (Å²) in [5.41, 5.74) is 9.91. The second kappa shape index (κ2) is 7.51. The summed E-state index contributed by atoms with van der Waals surface area (Å²) in [5.74, 6) is 2.25. The Morgan fingerprint density at radius 3 is 2.76 bits per heavy atom. The average Bonchev–Trinajstić information content (AvgIpc) is 2.98. The molecule has 0 bridgehead atoms. The summed E-state index contributed by atoms with van der Waals surface area (Å²) in [5, 5.41) is 0. The van der Waals surface area contributed by atoms with Crippen LogP contribution in [0.5, 0.6) is 5.75 Å². The summed E-state index contributed by atoms with van der Waals surface area (Å²) >= 11 is 0. The summed E-state index contributed by atoms with van der Waals surface area (Å²) < 4.78 is 7.71. The molecule has 25 heavy (non-hydrogen) atoms. The smallest absolute Gasteiger partial charge is 0.165 e. The minimum atomic E-state index is 0.427. The van der Waals surface area contributed by atoms with Gasteiger partial charge in [-0.15, -0.1) is 0 Å². The number of benzene rings is 1. The van der Waals surface area contributed by atoms with Crippen molar-refractivity contribution in [2.24, 2.45) is 0 Å². The minimum absolute atomic E-state index is 0.427. The quantitative estimate of drug-likeness (QED) is 0.714. The van der Waals surface area contributed by atoms with E-state index in [1.54, 1.807) is 7.11 Å². The molecule has 0 saturated carbocycles. The number of unbranched alkanes of at least 4 members (excludes halogenated alkanes) is 1. The standard InChI is InChI=1S/C19H25N5O/c1-4-6-9-24-16(23-17-18(20)21-12-22-19(17)24)11-14-10-13(5-2)7-8-15(14)25-3/h7-8,10,12H,4-6,9,11H2,1-3H3,(H2,20,21,22). The number of hydrogen-bond donors (Lipinski definition) is 1. The Hall–Kier alpha value is -2.63. The summed E-state index contributed by atoms with van der Waals surface area (Å²) in [6.45, 7) is 5.20. The van der Waals surface area contributed by atoms with Crippen LogP contribution in [-0.4, -0.2) is 26.6 Å². The van der Waals surface area contributed by atoms with E-state index in [9.17, 15) is 0 Å². The lowest BCUT2D eigenvalue weighted by Crippen LogP contribution is -2.07. The lowest BCUT2D eigenvalue weighted by atomic mass is 10.0. The molecule has 0 spiro atoms. The molecule has 0 unspecified atom stereocenters. The van der Waals surface area contributed by atoms with Crippen molar-refractivity contribution in [3.8, 4) is 5.75 Å². The van der Waals surface area contributed by atoms with E-state index in [1.807, 2.05) is 6.07 Å². The first-order valence-corrected chi connectivity index (χ1v) is 8.79. The van der Waals surface area contributed by atoms with Crippen LogP contribution in [-0.2, 0) is 19.4 Å². The first-order valence-electron chi connectivity index (χ1n) is 8.79. The summed E-state index contributed by atoms with van der Waals surface area (Å²) in [6.07, 6.45) is 5.34. The molecule has 0 radical (unpaired) electrons. The molecular formula is C19H25N5O. The molecule has 0 saturated heterocycles. The Morgan fingerprint density at radius 1 is 1.20 bits per heavy atom. The van der Waals surface area contributed by atoms with Crippen LogP contribution in [0.1, 0.15) is 43.6 Å². The molecule has 2 N–H and O–H groups in total. The molecule has 3 aromatic rings. The Kier molecular flexibility index (Phi) is 5.16. The number of anilines is 1. The van der Waals surface area contributed by atoms with Crippen LogP contribution >= 0.6 is 0 Å². The van der Waals surface area contributed by atoms with Crippen LogP contribution in [0.25, 0.3) is 11.2 Å². The number of imidazole rings is 1. The fourth-order valence-corrected chi connectivity index (χ4v) is 3.05. The molecule has 6 nitrogen and oxygen atoms in total. The van der Waals surface area contributed by atoms with Crippen molar-refractivity contribution in [2.45, 2.75) is 46.1 Å². The molecule has 0 aliphatic carbocycles. The van der Waals surface area contributed by atoms with E-state index in [2.05, 4.69) is 40.5 Å². The van der Waals surface area contributed by atoms with Crippen LogP contribution in [0, 0.1) is 0 Å². The lowest BCUT2D eigenvalue weighted by Gasteiger charge is -2.12. The zero-order chi connectivity index (χ0) is 17.8. The zero-order valence-corrected chi connectivity index (χ0v) is 15.1. The molecule has 132 valence electrons. The summed E-state index contributed by atoms with van der Waals surface area (Å²) in [6, 6.07) is 6.32. The van der Waals surface area contributed by atoms with E-state index in [0.717, 1.165) is 48.6 Å². The highest BCUT2D eigenvalue weighted by Gasteiger charge is 2.16. The molecule has 0 amide bonds. The Bertz CT molecular complexity index is 872. The van der Waals surface area contributed by atoms with Crippen molar-refractivity contribution in [1.29, 1.82) is 0 Å². The van der Waals surface area contributed by atoms with Gasteiger partial charge >= 0.3 is 0 Å².